The van der Waals surface area contributed by atoms with Crippen molar-refractivity contribution in [3.05, 3.63) is 47.7 Å². The van der Waals surface area contributed by atoms with Crippen molar-refractivity contribution in [2.45, 2.75) is 32.8 Å². The van der Waals surface area contributed by atoms with E-state index in [0.29, 0.717) is 12.2 Å². The summed E-state index contributed by atoms with van der Waals surface area (Å²) >= 11 is 0. The largest absolute Gasteiger partial charge is 0.390 e. The Kier molecular flexibility index (Phi) is 3.58. The number of nitrogens with zero attached hydrogens (tertiary/aromatic N) is 1. The van der Waals surface area contributed by atoms with Gasteiger partial charge in [-0.05, 0) is 49.6 Å². The lowest BCUT2D eigenvalue weighted by Gasteiger charge is -2.17. The summed E-state index contributed by atoms with van der Waals surface area (Å²) < 4.78 is 0. The number of hydrogen-bond donors (Lipinski definition) is 2. The van der Waals surface area contributed by atoms with Crippen LogP contribution in [0.2, 0.25) is 0 Å². The molecule has 2 rings (SSSR count). The summed E-state index contributed by atoms with van der Waals surface area (Å²) in [6.07, 6.45) is 0.644. The van der Waals surface area contributed by atoms with Crippen molar-refractivity contribution in [3.63, 3.8) is 0 Å². The molecule has 0 radical (unpaired) electrons. The molecule has 0 atom stereocenters. The fourth-order valence-electron chi connectivity index (χ4n) is 2.18. The lowest BCUT2D eigenvalue weighted by Crippen LogP contribution is -2.21. The van der Waals surface area contributed by atoms with Gasteiger partial charge in [0.05, 0.1) is 5.60 Å². The highest BCUT2D eigenvalue weighted by molar-refractivity contribution is 5.66. The molecule has 19 heavy (non-hydrogen) atoms. The van der Waals surface area contributed by atoms with Crippen LogP contribution in [-0.2, 0) is 6.42 Å². The lowest BCUT2D eigenvalue weighted by molar-refractivity contribution is 0.0810. The second-order valence-electron chi connectivity index (χ2n) is 5.61. The first kappa shape index (κ1) is 13.6. The Morgan fingerprint density at radius 3 is 2.26 bits per heavy atom. The number of benzene rings is 1. The number of rotatable bonds is 3. The van der Waals surface area contributed by atoms with E-state index >= 15 is 0 Å². The number of anilines is 1. The van der Waals surface area contributed by atoms with Crippen molar-refractivity contribution in [1.29, 1.82) is 0 Å². The molecule has 0 saturated carbocycles. The minimum Gasteiger partial charge on any atom is -0.390 e. The van der Waals surface area contributed by atoms with Gasteiger partial charge in [0.2, 0.25) is 0 Å². The van der Waals surface area contributed by atoms with E-state index in [1.165, 1.54) is 0 Å². The fourth-order valence-corrected chi connectivity index (χ4v) is 2.18. The average molecular weight is 256 g/mol. The lowest BCUT2D eigenvalue weighted by atomic mass is 9.96. The van der Waals surface area contributed by atoms with Gasteiger partial charge in [-0.15, -0.1) is 0 Å². The summed E-state index contributed by atoms with van der Waals surface area (Å²) in [5.74, 6) is 0.538. The molecule has 0 unspecified atom stereocenters. The first-order valence-electron chi connectivity index (χ1n) is 6.39. The summed E-state index contributed by atoms with van der Waals surface area (Å²) in [5.41, 5.74) is 9.29. The van der Waals surface area contributed by atoms with Crippen LogP contribution in [0.15, 0.2) is 36.4 Å². The van der Waals surface area contributed by atoms with E-state index < -0.39 is 5.60 Å². The van der Waals surface area contributed by atoms with Crippen LogP contribution in [0, 0.1) is 6.92 Å². The van der Waals surface area contributed by atoms with E-state index in [2.05, 4.69) is 17.1 Å². The standard InChI is InChI=1S/C16H20N2O/c1-11-8-14(9-15(17)18-11)13-6-4-12(5-7-13)10-16(2,3)19/h4-9,19H,10H2,1-3H3,(H2,17,18). The van der Waals surface area contributed by atoms with Gasteiger partial charge in [-0.3, -0.25) is 0 Å². The van der Waals surface area contributed by atoms with Crippen LogP contribution in [0.1, 0.15) is 25.1 Å². The van der Waals surface area contributed by atoms with Gasteiger partial charge in [0.1, 0.15) is 5.82 Å². The van der Waals surface area contributed by atoms with Gasteiger partial charge in [-0.2, -0.15) is 0 Å². The zero-order chi connectivity index (χ0) is 14.0. The molecule has 0 saturated heterocycles. The Balaban J connectivity index is 2.27. The molecule has 100 valence electrons. The predicted molar refractivity (Wildman–Crippen MR) is 78.8 cm³/mol. The van der Waals surface area contributed by atoms with Crippen molar-refractivity contribution in [2.24, 2.45) is 0 Å². The monoisotopic (exact) mass is 256 g/mol. The van der Waals surface area contributed by atoms with E-state index in [4.69, 9.17) is 5.73 Å². The number of aliphatic hydroxyl groups is 1. The summed E-state index contributed by atoms with van der Waals surface area (Å²) in [5, 5.41) is 9.81. The maximum atomic E-state index is 9.81. The van der Waals surface area contributed by atoms with Crippen LogP contribution < -0.4 is 5.73 Å². The zero-order valence-corrected chi connectivity index (χ0v) is 11.6. The van der Waals surface area contributed by atoms with Crippen molar-refractivity contribution in [2.75, 3.05) is 5.73 Å². The normalized spacial score (nSPS) is 11.6. The quantitative estimate of drug-likeness (QED) is 0.887. The maximum absolute atomic E-state index is 9.81. The number of hydrogen-bond acceptors (Lipinski definition) is 3. The molecule has 0 bridgehead atoms. The van der Waals surface area contributed by atoms with Crippen molar-refractivity contribution < 1.29 is 5.11 Å². The molecular formula is C16H20N2O. The van der Waals surface area contributed by atoms with E-state index in [1.54, 1.807) is 0 Å². The zero-order valence-electron chi connectivity index (χ0n) is 11.6. The molecule has 1 heterocycles. The Morgan fingerprint density at radius 1 is 1.11 bits per heavy atom. The Bertz CT molecular complexity index is 548. The smallest absolute Gasteiger partial charge is 0.124 e. The second kappa shape index (κ2) is 5.02. The van der Waals surface area contributed by atoms with Gasteiger partial charge in [-0.1, -0.05) is 24.3 Å². The van der Waals surface area contributed by atoms with Crippen LogP contribution in [0.5, 0.6) is 0 Å². The Morgan fingerprint density at radius 2 is 1.74 bits per heavy atom. The molecule has 0 spiro atoms. The van der Waals surface area contributed by atoms with Crippen LogP contribution >= 0.6 is 0 Å². The third kappa shape index (κ3) is 3.80. The number of nitrogen functional groups attached to an aromatic ring is 1. The molecule has 1 aromatic carbocycles. The minimum atomic E-state index is -0.681. The molecule has 0 fully saturated rings. The van der Waals surface area contributed by atoms with Gasteiger partial charge in [-0.25, -0.2) is 4.98 Å². The molecule has 2 aromatic rings. The molecular weight excluding hydrogens is 236 g/mol. The molecule has 0 aliphatic heterocycles. The third-order valence-electron chi connectivity index (χ3n) is 2.90. The summed E-state index contributed by atoms with van der Waals surface area (Å²) in [4.78, 5) is 4.17. The first-order valence-corrected chi connectivity index (χ1v) is 6.39. The number of pyridine rings is 1. The van der Waals surface area contributed by atoms with Gasteiger partial charge in [0.25, 0.3) is 0 Å². The highest BCUT2D eigenvalue weighted by Crippen LogP contribution is 2.23. The van der Waals surface area contributed by atoms with Gasteiger partial charge in [0, 0.05) is 12.1 Å². The second-order valence-corrected chi connectivity index (χ2v) is 5.61. The highest BCUT2D eigenvalue weighted by Gasteiger charge is 2.13. The topological polar surface area (TPSA) is 59.1 Å². The van der Waals surface area contributed by atoms with Crippen molar-refractivity contribution in [3.8, 4) is 11.1 Å². The average Bonchev–Trinajstić information content (AvgIpc) is 2.26. The molecule has 3 N–H and O–H groups in total. The van der Waals surface area contributed by atoms with Crippen LogP contribution in [0.3, 0.4) is 0 Å². The molecule has 3 nitrogen and oxygen atoms in total. The maximum Gasteiger partial charge on any atom is 0.124 e. The number of aryl methyl sites for hydroxylation is 1. The number of nitrogens with two attached hydrogens (primary N) is 1. The fraction of sp³-hybridized carbons (Fsp3) is 0.312. The first-order chi connectivity index (χ1) is 8.83. The van der Waals surface area contributed by atoms with E-state index in [1.807, 2.05) is 45.0 Å². The molecule has 0 aliphatic rings. The minimum absolute atomic E-state index is 0.538. The molecule has 3 heteroatoms. The Hall–Kier alpha value is -1.87. The summed E-state index contributed by atoms with van der Waals surface area (Å²) in [6, 6.07) is 12.1. The molecule has 0 amide bonds. The van der Waals surface area contributed by atoms with Gasteiger partial charge in [0.15, 0.2) is 0 Å². The Labute approximate surface area is 114 Å². The molecule has 1 aromatic heterocycles. The van der Waals surface area contributed by atoms with E-state index in [-0.39, 0.29) is 0 Å². The predicted octanol–water partition coefficient (Wildman–Crippen LogP) is 2.95. The van der Waals surface area contributed by atoms with E-state index in [0.717, 1.165) is 22.4 Å². The van der Waals surface area contributed by atoms with Crippen LogP contribution in [0.25, 0.3) is 11.1 Å². The van der Waals surface area contributed by atoms with Crippen LogP contribution in [-0.4, -0.2) is 15.7 Å². The van der Waals surface area contributed by atoms with Gasteiger partial charge >= 0.3 is 0 Å². The third-order valence-corrected chi connectivity index (χ3v) is 2.90. The number of aromatic nitrogens is 1. The van der Waals surface area contributed by atoms with E-state index in [9.17, 15) is 5.11 Å². The highest BCUT2D eigenvalue weighted by atomic mass is 16.3. The van der Waals surface area contributed by atoms with Gasteiger partial charge < -0.3 is 10.8 Å². The van der Waals surface area contributed by atoms with Crippen molar-refractivity contribution >= 4 is 5.82 Å². The van der Waals surface area contributed by atoms with Crippen molar-refractivity contribution in [1.82, 2.24) is 4.98 Å². The summed E-state index contributed by atoms with van der Waals surface area (Å²) in [6.45, 7) is 5.56. The SMILES string of the molecule is Cc1cc(-c2ccc(CC(C)(C)O)cc2)cc(N)n1. The van der Waals surface area contributed by atoms with Crippen LogP contribution in [0.4, 0.5) is 5.82 Å². The molecule has 0 aliphatic carbocycles. The summed E-state index contributed by atoms with van der Waals surface area (Å²) in [7, 11) is 0.